The van der Waals surface area contributed by atoms with Crippen LogP contribution < -0.4 is 4.40 Å². The maximum atomic E-state index is 12.2. The molecule has 1 radical (unpaired) electrons. The van der Waals surface area contributed by atoms with Gasteiger partial charge < -0.3 is 5.11 Å². The Balaban J connectivity index is 0.000000289. The molecule has 2 aromatic heterocycles. The van der Waals surface area contributed by atoms with Crippen LogP contribution in [0.25, 0.3) is 54.9 Å². The number of benzene rings is 4. The Morgan fingerprint density at radius 2 is 1.50 bits per heavy atom. The fourth-order valence-electron chi connectivity index (χ4n) is 7.46. The molecular formula is C45H55GeIrN2O3-. The third kappa shape index (κ3) is 7.67. The molecule has 0 aliphatic rings. The van der Waals surface area contributed by atoms with Crippen LogP contribution in [-0.4, -0.2) is 34.1 Å². The van der Waals surface area contributed by atoms with Gasteiger partial charge in [0.1, 0.15) is 5.76 Å². The molecule has 0 fully saturated rings. The normalized spacial score (nSPS) is 12.7. The zero-order valence-electron chi connectivity index (χ0n) is 33.1. The standard InChI is InChI=1S/C30H27GeN2O.C15H28O2.Ir/c1-17-16-20-14-15-23-28(24-12-9-11-22-21-10-7-8-13-25(21)34-30(22)24)32-19(3)33-29(23)26(20)18(2)27(17)31(4,5)6;1-7-14(5,8-2)12(16)11-13(17)15(6,9-3)10-4;/h7-11,13-16H,1-6H3;11,16H,7-10H2,1-6H3;/q-1;;/b;12-11-;. The monoisotopic (exact) mass is 938 g/mol. The summed E-state index contributed by atoms with van der Waals surface area (Å²) in [5.41, 5.74) is 6.68. The van der Waals surface area contributed by atoms with E-state index < -0.39 is 13.3 Å². The van der Waals surface area contributed by atoms with E-state index in [4.69, 9.17) is 14.4 Å². The maximum absolute atomic E-state index is 12.2. The topological polar surface area (TPSA) is 76.2 Å². The van der Waals surface area contributed by atoms with Gasteiger partial charge in [0.2, 0.25) is 0 Å². The number of para-hydroxylation sites is 1. The molecule has 6 rings (SSSR count). The predicted octanol–water partition coefficient (Wildman–Crippen LogP) is 12.3. The van der Waals surface area contributed by atoms with Gasteiger partial charge >= 0.3 is 203 Å². The van der Waals surface area contributed by atoms with Crippen molar-refractivity contribution in [3.8, 4) is 11.3 Å². The van der Waals surface area contributed by atoms with Gasteiger partial charge in [0.05, 0.1) is 0 Å². The third-order valence-electron chi connectivity index (χ3n) is 11.5. The van der Waals surface area contributed by atoms with Crippen LogP contribution in [0.1, 0.15) is 84.2 Å². The Bertz CT molecular complexity index is 2290. The second-order valence-corrected chi connectivity index (χ2v) is 26.2. The van der Waals surface area contributed by atoms with Crippen molar-refractivity contribution in [1.82, 2.24) is 9.97 Å². The minimum Gasteiger partial charge on any atom is 0 e. The summed E-state index contributed by atoms with van der Waals surface area (Å²) in [6, 6.07) is 22.4. The summed E-state index contributed by atoms with van der Waals surface area (Å²) in [6.45, 7) is 18.6. The molecule has 1 N–H and O–H groups in total. The van der Waals surface area contributed by atoms with Gasteiger partial charge in [0.15, 0.2) is 5.78 Å². The zero-order chi connectivity index (χ0) is 37.5. The SMILES string of the molecule is CCC(C)(CC)C(=O)/C=C(\O)C(C)(CC)CC.Cc1nc(-c2[c-]ccc3c2oc2ccccc23)c2ccc3cc(C)[c]([Ge]([CH3])([CH3])[CH3])c(C)c3c2n1.[Ir]. The number of nitrogens with zero attached hydrogens (tertiary/aromatic N) is 2. The van der Waals surface area contributed by atoms with Crippen LogP contribution in [0.15, 0.2) is 70.8 Å². The Kier molecular flexibility index (Phi) is 12.7. The first-order valence-electron chi connectivity index (χ1n) is 18.5. The van der Waals surface area contributed by atoms with E-state index in [1.807, 2.05) is 72.7 Å². The second kappa shape index (κ2) is 16.0. The quantitative estimate of drug-likeness (QED) is 0.0514. The molecule has 0 saturated carbocycles. The van der Waals surface area contributed by atoms with Crippen molar-refractivity contribution in [3.05, 3.63) is 89.5 Å². The number of fused-ring (bicyclic) bond motifs is 6. The summed E-state index contributed by atoms with van der Waals surface area (Å²) in [6.07, 6.45) is 4.75. The number of carbonyl (C=O) groups excluding carboxylic acids is 1. The summed E-state index contributed by atoms with van der Waals surface area (Å²) in [7, 11) is 0. The van der Waals surface area contributed by atoms with Gasteiger partial charge in [-0.3, -0.25) is 4.79 Å². The molecule has 277 valence electrons. The van der Waals surface area contributed by atoms with Crippen molar-refractivity contribution in [3.63, 3.8) is 0 Å². The Labute approximate surface area is 326 Å². The number of aromatic nitrogens is 2. The third-order valence-corrected chi connectivity index (χ3v) is 16.2. The average molecular weight is 937 g/mol. The first-order chi connectivity index (χ1) is 24.0. The van der Waals surface area contributed by atoms with Crippen LogP contribution in [0, 0.1) is 37.7 Å². The summed E-state index contributed by atoms with van der Waals surface area (Å²) in [4.78, 5) is 22.1. The van der Waals surface area contributed by atoms with Gasteiger partial charge in [-0.15, -0.1) is 0 Å². The summed E-state index contributed by atoms with van der Waals surface area (Å²) in [5.74, 6) is 8.45. The molecule has 2 heterocycles. The minimum absolute atomic E-state index is 0. The first-order valence-corrected chi connectivity index (χ1v) is 25.9. The van der Waals surface area contributed by atoms with Gasteiger partial charge in [-0.25, -0.2) is 0 Å². The number of hydrogen-bond acceptors (Lipinski definition) is 5. The molecule has 0 amide bonds. The van der Waals surface area contributed by atoms with Gasteiger partial charge in [-0.1, -0.05) is 41.5 Å². The van der Waals surface area contributed by atoms with Crippen molar-refractivity contribution in [2.75, 3.05) is 0 Å². The van der Waals surface area contributed by atoms with E-state index in [2.05, 4.69) is 67.5 Å². The summed E-state index contributed by atoms with van der Waals surface area (Å²) in [5, 5.41) is 15.9. The van der Waals surface area contributed by atoms with E-state index in [0.29, 0.717) is 0 Å². The van der Waals surface area contributed by atoms with Crippen LogP contribution in [0.2, 0.25) is 17.3 Å². The van der Waals surface area contributed by atoms with Crippen LogP contribution in [-0.2, 0) is 24.9 Å². The van der Waals surface area contributed by atoms with Gasteiger partial charge in [0.25, 0.3) is 0 Å². The molecule has 0 unspecified atom stereocenters. The number of aliphatic hydroxyl groups excluding tert-OH is 1. The number of hydrogen-bond donors (Lipinski definition) is 1. The van der Waals surface area contributed by atoms with E-state index >= 15 is 0 Å². The number of aryl methyl sites for hydroxylation is 3. The van der Waals surface area contributed by atoms with Gasteiger partial charge in [0, 0.05) is 37.0 Å². The minimum atomic E-state index is -2.09. The predicted molar refractivity (Wildman–Crippen MR) is 219 cm³/mol. The van der Waals surface area contributed by atoms with E-state index in [-0.39, 0.29) is 42.5 Å². The number of aliphatic hydroxyl groups is 1. The van der Waals surface area contributed by atoms with Crippen molar-refractivity contribution >= 4 is 67.1 Å². The van der Waals surface area contributed by atoms with E-state index in [1.165, 1.54) is 28.0 Å². The van der Waals surface area contributed by atoms with Crippen LogP contribution in [0.3, 0.4) is 0 Å². The molecule has 0 saturated heterocycles. The largest absolute Gasteiger partial charge is 0 e. The molecule has 4 aromatic carbocycles. The molecule has 5 nitrogen and oxygen atoms in total. The Morgan fingerprint density at radius 1 is 0.865 bits per heavy atom. The van der Waals surface area contributed by atoms with Crippen molar-refractivity contribution in [2.24, 2.45) is 10.8 Å². The van der Waals surface area contributed by atoms with Crippen molar-refractivity contribution in [2.45, 2.75) is 105 Å². The summed E-state index contributed by atoms with van der Waals surface area (Å²) < 4.78 is 7.91. The number of ketones is 1. The molecule has 0 bridgehead atoms. The molecule has 0 spiro atoms. The van der Waals surface area contributed by atoms with Crippen LogP contribution >= 0.6 is 0 Å². The molecule has 6 aromatic rings. The average Bonchev–Trinajstić information content (AvgIpc) is 3.48. The van der Waals surface area contributed by atoms with Crippen molar-refractivity contribution < 1.29 is 34.4 Å². The molecule has 0 atom stereocenters. The van der Waals surface area contributed by atoms with Crippen LogP contribution in [0.4, 0.5) is 0 Å². The zero-order valence-corrected chi connectivity index (χ0v) is 37.6. The van der Waals surface area contributed by atoms with Gasteiger partial charge in [-0.05, 0) is 25.7 Å². The molecular weight excluding hydrogens is 881 g/mol. The second-order valence-electron chi connectivity index (χ2n) is 15.7. The number of allylic oxidation sites excluding steroid dienone is 2. The fourth-order valence-corrected chi connectivity index (χ4v) is 12.7. The number of furan rings is 1. The Hall–Kier alpha value is -3.32. The number of carbonyl (C=O) groups is 1. The molecule has 7 heteroatoms. The van der Waals surface area contributed by atoms with Crippen molar-refractivity contribution in [1.29, 1.82) is 0 Å². The molecule has 0 aliphatic carbocycles. The molecule has 0 aliphatic heterocycles. The molecule has 52 heavy (non-hydrogen) atoms. The Morgan fingerprint density at radius 3 is 2.12 bits per heavy atom. The van der Waals surface area contributed by atoms with Crippen LogP contribution in [0.5, 0.6) is 0 Å². The van der Waals surface area contributed by atoms with Gasteiger partial charge in [-0.2, -0.15) is 0 Å². The summed E-state index contributed by atoms with van der Waals surface area (Å²) >= 11 is -2.09. The van der Waals surface area contributed by atoms with E-state index in [0.717, 1.165) is 75.6 Å². The fraction of sp³-hybridized carbons (Fsp3) is 0.400. The maximum Gasteiger partial charge on any atom is 0 e. The first kappa shape index (κ1) is 41.4. The van der Waals surface area contributed by atoms with E-state index in [9.17, 15) is 9.90 Å². The number of rotatable bonds is 9. The van der Waals surface area contributed by atoms with E-state index in [1.54, 1.807) is 4.40 Å². The smallest absolute Gasteiger partial charge is 0 e.